The van der Waals surface area contributed by atoms with E-state index in [1.165, 1.54) is 4.88 Å². The molecule has 2 aromatic heterocycles. The summed E-state index contributed by atoms with van der Waals surface area (Å²) in [6.07, 6.45) is 0. The molecule has 6 heteroatoms. The summed E-state index contributed by atoms with van der Waals surface area (Å²) in [4.78, 5) is 14.2. The van der Waals surface area contributed by atoms with Gasteiger partial charge in [-0.15, -0.1) is 11.3 Å². The van der Waals surface area contributed by atoms with Gasteiger partial charge in [0.15, 0.2) is 5.69 Å². The molecule has 2 heterocycles. The molecule has 0 spiro atoms. The van der Waals surface area contributed by atoms with Crippen LogP contribution in [0, 0.1) is 6.92 Å². The molecule has 2 rings (SSSR count). The molecule has 2 N–H and O–H groups in total. The number of aryl methyl sites for hydroxylation is 1. The van der Waals surface area contributed by atoms with Crippen LogP contribution in [0.25, 0.3) is 10.6 Å². The number of carbonyl (C=O) groups is 1. The highest BCUT2D eigenvalue weighted by molar-refractivity contribution is 7.15. The lowest BCUT2D eigenvalue weighted by molar-refractivity contribution is 0.0900. The number of hydrogen-bond donors (Lipinski definition) is 2. The maximum Gasteiger partial charge on any atom is 0.272 e. The van der Waals surface area contributed by atoms with Gasteiger partial charge >= 0.3 is 0 Å². The van der Waals surface area contributed by atoms with Crippen LogP contribution < -0.4 is 5.32 Å². The van der Waals surface area contributed by atoms with Gasteiger partial charge in [0.1, 0.15) is 0 Å². The van der Waals surface area contributed by atoms with Crippen molar-refractivity contribution in [3.05, 3.63) is 28.8 Å². The largest absolute Gasteiger partial charge is 0.383 e. The normalized spacial score (nSPS) is 12.4. The number of hydrogen-bond acceptors (Lipinski definition) is 4. The molecular formula is C13H17N3O2S. The van der Waals surface area contributed by atoms with E-state index in [0.29, 0.717) is 12.3 Å². The van der Waals surface area contributed by atoms with Crippen LogP contribution in [0.4, 0.5) is 0 Å². The Bertz CT molecular complexity index is 562. The van der Waals surface area contributed by atoms with Crippen LogP contribution in [0.3, 0.4) is 0 Å². The fraction of sp³-hybridized carbons (Fsp3) is 0.385. The molecule has 0 saturated carbocycles. The van der Waals surface area contributed by atoms with E-state index in [-0.39, 0.29) is 11.9 Å². The molecule has 0 bridgehead atoms. The summed E-state index contributed by atoms with van der Waals surface area (Å²) in [7, 11) is 1.61. The Kier molecular flexibility index (Phi) is 4.34. The predicted octanol–water partition coefficient (Wildman–Crippen LogP) is 2.21. The van der Waals surface area contributed by atoms with Gasteiger partial charge in [-0.25, -0.2) is 0 Å². The number of rotatable bonds is 5. The van der Waals surface area contributed by atoms with E-state index in [4.69, 9.17) is 4.74 Å². The van der Waals surface area contributed by atoms with Gasteiger partial charge in [-0.1, -0.05) is 0 Å². The topological polar surface area (TPSA) is 67.0 Å². The molecule has 0 radical (unpaired) electrons. The first kappa shape index (κ1) is 13.8. The van der Waals surface area contributed by atoms with Gasteiger partial charge < -0.3 is 10.1 Å². The molecule has 19 heavy (non-hydrogen) atoms. The predicted molar refractivity (Wildman–Crippen MR) is 75.4 cm³/mol. The minimum atomic E-state index is -0.194. The summed E-state index contributed by atoms with van der Waals surface area (Å²) in [5.74, 6) is -0.194. The smallest absolute Gasteiger partial charge is 0.272 e. The highest BCUT2D eigenvalue weighted by Gasteiger charge is 2.14. The molecule has 2 aromatic rings. The Morgan fingerprint density at radius 3 is 3.00 bits per heavy atom. The molecule has 1 unspecified atom stereocenters. The zero-order valence-corrected chi connectivity index (χ0v) is 12.0. The SMILES string of the molecule is COCC(C)NC(=O)c1cc(-c2ccc(C)s2)[nH]n1. The van der Waals surface area contributed by atoms with Gasteiger partial charge in [0, 0.05) is 18.0 Å². The summed E-state index contributed by atoms with van der Waals surface area (Å²) >= 11 is 1.66. The van der Waals surface area contributed by atoms with Gasteiger partial charge in [-0.2, -0.15) is 5.10 Å². The van der Waals surface area contributed by atoms with Crippen LogP contribution >= 0.6 is 11.3 Å². The third-order valence-corrected chi connectivity index (χ3v) is 3.64. The third kappa shape index (κ3) is 3.42. The average molecular weight is 279 g/mol. The van der Waals surface area contributed by atoms with Gasteiger partial charge in [0.05, 0.1) is 17.2 Å². The Morgan fingerprint density at radius 2 is 2.37 bits per heavy atom. The molecule has 0 aliphatic rings. The number of nitrogens with zero attached hydrogens (tertiary/aromatic N) is 1. The zero-order valence-electron chi connectivity index (χ0n) is 11.2. The molecule has 0 aromatic carbocycles. The van der Waals surface area contributed by atoms with E-state index in [1.54, 1.807) is 24.5 Å². The van der Waals surface area contributed by atoms with Crippen LogP contribution in [-0.2, 0) is 4.74 Å². The van der Waals surface area contributed by atoms with Crippen molar-refractivity contribution in [2.24, 2.45) is 0 Å². The van der Waals surface area contributed by atoms with E-state index < -0.39 is 0 Å². The zero-order chi connectivity index (χ0) is 13.8. The molecule has 1 amide bonds. The number of aromatic nitrogens is 2. The second kappa shape index (κ2) is 5.99. The van der Waals surface area contributed by atoms with E-state index in [2.05, 4.69) is 15.5 Å². The Morgan fingerprint density at radius 1 is 1.58 bits per heavy atom. The summed E-state index contributed by atoms with van der Waals surface area (Å²) in [5.41, 5.74) is 1.26. The van der Waals surface area contributed by atoms with Crippen molar-refractivity contribution >= 4 is 17.2 Å². The lowest BCUT2D eigenvalue weighted by Gasteiger charge is -2.10. The van der Waals surface area contributed by atoms with E-state index in [1.807, 2.05) is 26.0 Å². The second-order valence-corrected chi connectivity index (χ2v) is 5.69. The van der Waals surface area contributed by atoms with Gasteiger partial charge in [-0.3, -0.25) is 9.89 Å². The van der Waals surface area contributed by atoms with Gasteiger partial charge in [-0.05, 0) is 32.0 Å². The molecule has 0 aliphatic heterocycles. The number of ether oxygens (including phenoxy) is 1. The standard InChI is InChI=1S/C13H17N3O2S/c1-8(7-18-3)14-13(17)11-6-10(15-16-11)12-5-4-9(2)19-12/h4-6,8H,7H2,1-3H3,(H,14,17)(H,15,16). The molecule has 0 saturated heterocycles. The number of carbonyl (C=O) groups excluding carboxylic acids is 1. The van der Waals surface area contributed by atoms with Crippen LogP contribution in [0.1, 0.15) is 22.3 Å². The Hall–Kier alpha value is -1.66. The number of H-pyrrole nitrogens is 1. The van der Waals surface area contributed by atoms with Crippen molar-refractivity contribution in [2.75, 3.05) is 13.7 Å². The van der Waals surface area contributed by atoms with Gasteiger partial charge in [0.25, 0.3) is 5.91 Å². The minimum Gasteiger partial charge on any atom is -0.383 e. The van der Waals surface area contributed by atoms with Crippen LogP contribution in [0.15, 0.2) is 18.2 Å². The molecule has 102 valence electrons. The Balaban J connectivity index is 2.06. The molecule has 1 atom stereocenters. The molecule has 5 nitrogen and oxygen atoms in total. The lowest BCUT2D eigenvalue weighted by Crippen LogP contribution is -2.35. The second-order valence-electron chi connectivity index (χ2n) is 4.41. The fourth-order valence-corrected chi connectivity index (χ4v) is 2.57. The molecule has 0 fully saturated rings. The van der Waals surface area contributed by atoms with E-state index >= 15 is 0 Å². The summed E-state index contributed by atoms with van der Waals surface area (Å²) in [5, 5.41) is 9.76. The van der Waals surface area contributed by atoms with Crippen LogP contribution in [0.2, 0.25) is 0 Å². The van der Waals surface area contributed by atoms with Crippen molar-refractivity contribution < 1.29 is 9.53 Å². The van der Waals surface area contributed by atoms with Crippen molar-refractivity contribution in [3.63, 3.8) is 0 Å². The number of aromatic amines is 1. The van der Waals surface area contributed by atoms with Crippen molar-refractivity contribution in [1.82, 2.24) is 15.5 Å². The summed E-state index contributed by atoms with van der Waals surface area (Å²) in [6.45, 7) is 4.41. The first-order chi connectivity index (χ1) is 9.10. The first-order valence-electron chi connectivity index (χ1n) is 6.02. The number of amides is 1. The molecule has 0 aliphatic carbocycles. The number of methoxy groups -OCH3 is 1. The van der Waals surface area contributed by atoms with Crippen molar-refractivity contribution in [3.8, 4) is 10.6 Å². The first-order valence-corrected chi connectivity index (χ1v) is 6.84. The summed E-state index contributed by atoms with van der Waals surface area (Å²) < 4.78 is 4.98. The van der Waals surface area contributed by atoms with Crippen molar-refractivity contribution in [1.29, 1.82) is 0 Å². The van der Waals surface area contributed by atoms with Gasteiger partial charge in [0.2, 0.25) is 0 Å². The highest BCUT2D eigenvalue weighted by Crippen LogP contribution is 2.26. The van der Waals surface area contributed by atoms with Crippen LogP contribution in [0.5, 0.6) is 0 Å². The molecular weight excluding hydrogens is 262 g/mol. The van der Waals surface area contributed by atoms with E-state index in [0.717, 1.165) is 10.6 Å². The maximum atomic E-state index is 11.9. The minimum absolute atomic E-state index is 0.0402. The summed E-state index contributed by atoms with van der Waals surface area (Å²) in [6, 6.07) is 5.78. The van der Waals surface area contributed by atoms with Crippen LogP contribution in [-0.4, -0.2) is 35.9 Å². The van der Waals surface area contributed by atoms with Crippen molar-refractivity contribution in [2.45, 2.75) is 19.9 Å². The number of nitrogens with one attached hydrogen (secondary N) is 2. The quantitative estimate of drug-likeness (QED) is 0.882. The monoisotopic (exact) mass is 279 g/mol. The van der Waals surface area contributed by atoms with E-state index in [9.17, 15) is 4.79 Å². The maximum absolute atomic E-state index is 11.9. The lowest BCUT2D eigenvalue weighted by atomic mass is 10.3. The average Bonchev–Trinajstić information content (AvgIpc) is 2.97. The number of thiophene rings is 1. The Labute approximate surface area is 116 Å². The third-order valence-electron chi connectivity index (χ3n) is 2.61. The highest BCUT2D eigenvalue weighted by atomic mass is 32.1. The fourth-order valence-electron chi connectivity index (χ4n) is 1.73.